The van der Waals surface area contributed by atoms with E-state index in [-0.39, 0.29) is 29.5 Å². The Hall–Kier alpha value is -1.40. The summed E-state index contributed by atoms with van der Waals surface area (Å²) in [4.78, 5) is 16.9. The summed E-state index contributed by atoms with van der Waals surface area (Å²) in [7, 11) is -3.10. The van der Waals surface area contributed by atoms with E-state index in [1.165, 1.54) is 12.8 Å². The summed E-state index contributed by atoms with van der Waals surface area (Å²) in [5, 5.41) is 0. The first-order valence-corrected chi connectivity index (χ1v) is 10.6. The van der Waals surface area contributed by atoms with Gasteiger partial charge in [0.15, 0.2) is 9.84 Å². The number of carbonyl (C=O) groups excluding carboxylic acids is 1. The van der Waals surface area contributed by atoms with E-state index in [1.807, 2.05) is 31.2 Å². The van der Waals surface area contributed by atoms with Gasteiger partial charge >= 0.3 is 0 Å². The molecule has 0 aromatic heterocycles. The third-order valence-corrected chi connectivity index (χ3v) is 7.41. The first-order valence-electron chi connectivity index (χ1n) is 8.79. The third-order valence-electron chi connectivity index (χ3n) is 5.71. The maximum Gasteiger partial charge on any atom is 0.241 e. The van der Waals surface area contributed by atoms with E-state index in [4.69, 9.17) is 0 Å². The summed E-state index contributed by atoms with van der Waals surface area (Å²) in [5.41, 5.74) is 1.91. The number of hydrogen-bond donors (Lipinski definition) is 0. The van der Waals surface area contributed by atoms with Crippen LogP contribution < -0.4 is 4.90 Å². The van der Waals surface area contributed by atoms with Crippen molar-refractivity contribution >= 4 is 21.4 Å². The fraction of sp³-hybridized carbons (Fsp3) is 0.611. The largest absolute Gasteiger partial charge is 0.306 e. The lowest BCUT2D eigenvalue weighted by Gasteiger charge is -2.46. The molecule has 0 N–H and O–H groups in total. The smallest absolute Gasteiger partial charge is 0.241 e. The van der Waals surface area contributed by atoms with Gasteiger partial charge in [-0.05, 0) is 37.5 Å². The van der Waals surface area contributed by atoms with Crippen molar-refractivity contribution in [3.8, 4) is 0 Å². The number of anilines is 1. The van der Waals surface area contributed by atoms with Crippen molar-refractivity contribution in [3.05, 3.63) is 29.8 Å². The Labute approximate surface area is 143 Å². The number of sulfone groups is 1. The van der Waals surface area contributed by atoms with Crippen molar-refractivity contribution in [2.75, 3.05) is 23.0 Å². The molecule has 3 fully saturated rings. The molecule has 130 valence electrons. The van der Waals surface area contributed by atoms with E-state index in [0.717, 1.165) is 24.1 Å². The molecule has 2 saturated heterocycles. The second-order valence-corrected chi connectivity index (χ2v) is 9.58. The van der Waals surface area contributed by atoms with Crippen LogP contribution in [0.2, 0.25) is 0 Å². The maximum absolute atomic E-state index is 12.9. The Balaban J connectivity index is 1.71. The third kappa shape index (κ3) is 2.75. The number of carbonyl (C=O) groups is 1. The van der Waals surface area contributed by atoms with E-state index < -0.39 is 9.84 Å². The van der Waals surface area contributed by atoms with Gasteiger partial charge in [0.25, 0.3) is 0 Å². The molecule has 6 heteroatoms. The van der Waals surface area contributed by atoms with Gasteiger partial charge in [-0.1, -0.05) is 25.0 Å². The Morgan fingerprint density at radius 1 is 1.08 bits per heavy atom. The number of aryl methyl sites for hydroxylation is 1. The highest BCUT2D eigenvalue weighted by Gasteiger charge is 2.51. The van der Waals surface area contributed by atoms with Crippen molar-refractivity contribution < 1.29 is 13.2 Å². The molecule has 2 heterocycles. The molecule has 4 rings (SSSR count). The molecule has 24 heavy (non-hydrogen) atoms. The quantitative estimate of drug-likeness (QED) is 0.817. The molecule has 1 aromatic rings. The van der Waals surface area contributed by atoms with Gasteiger partial charge in [0.2, 0.25) is 5.91 Å². The Kier molecular flexibility index (Phi) is 3.92. The molecule has 1 aromatic carbocycles. The van der Waals surface area contributed by atoms with Crippen LogP contribution in [-0.2, 0) is 14.6 Å². The lowest BCUT2D eigenvalue weighted by atomic mass is 9.99. The zero-order valence-electron chi connectivity index (χ0n) is 14.0. The number of piperazine rings is 1. The minimum atomic E-state index is -3.10. The number of rotatable bonds is 2. The second kappa shape index (κ2) is 5.85. The summed E-state index contributed by atoms with van der Waals surface area (Å²) in [6, 6.07) is 7.87. The van der Waals surface area contributed by atoms with E-state index in [2.05, 4.69) is 4.90 Å². The van der Waals surface area contributed by atoms with Gasteiger partial charge < -0.3 is 4.90 Å². The van der Waals surface area contributed by atoms with Gasteiger partial charge in [0.1, 0.15) is 0 Å². The minimum absolute atomic E-state index is 0.0332. The number of hydrogen-bond acceptors (Lipinski definition) is 4. The molecule has 2 atom stereocenters. The van der Waals surface area contributed by atoms with Crippen LogP contribution in [0.5, 0.6) is 0 Å². The monoisotopic (exact) mass is 348 g/mol. The summed E-state index contributed by atoms with van der Waals surface area (Å²) in [5.74, 6) is 0.301. The Morgan fingerprint density at radius 3 is 2.50 bits per heavy atom. The summed E-state index contributed by atoms with van der Waals surface area (Å²) in [6.07, 6.45) is 4.53. The highest BCUT2D eigenvalue weighted by Crippen LogP contribution is 2.36. The van der Waals surface area contributed by atoms with Crippen LogP contribution in [0.3, 0.4) is 0 Å². The number of benzene rings is 1. The number of amides is 1. The molecule has 1 saturated carbocycles. The fourth-order valence-electron chi connectivity index (χ4n) is 4.66. The molecular formula is C18H24N2O3S. The normalized spacial score (nSPS) is 30.7. The van der Waals surface area contributed by atoms with E-state index in [9.17, 15) is 13.2 Å². The van der Waals surface area contributed by atoms with Crippen molar-refractivity contribution in [1.82, 2.24) is 4.90 Å². The van der Waals surface area contributed by atoms with Crippen LogP contribution in [0.15, 0.2) is 24.3 Å². The lowest BCUT2D eigenvalue weighted by molar-refractivity contribution is -0.124. The molecule has 0 bridgehead atoms. The van der Waals surface area contributed by atoms with Crippen LogP contribution in [-0.4, -0.2) is 55.4 Å². The molecule has 2 unspecified atom stereocenters. The van der Waals surface area contributed by atoms with E-state index >= 15 is 0 Å². The van der Waals surface area contributed by atoms with Crippen LogP contribution >= 0.6 is 0 Å². The SMILES string of the molecule is Cc1cccc(N2C(=O)CN(C3CCCC3)C3CS(=O)(=O)CC32)c1. The first kappa shape index (κ1) is 16.1. The average Bonchev–Trinajstić information content (AvgIpc) is 3.13. The average molecular weight is 348 g/mol. The molecule has 1 amide bonds. The lowest BCUT2D eigenvalue weighted by Crippen LogP contribution is -2.64. The fourth-order valence-corrected chi connectivity index (χ4v) is 6.62. The van der Waals surface area contributed by atoms with Gasteiger partial charge in [-0.25, -0.2) is 8.42 Å². The summed E-state index contributed by atoms with van der Waals surface area (Å²) < 4.78 is 24.7. The molecule has 3 aliphatic rings. The van der Waals surface area contributed by atoms with Crippen LogP contribution in [0.1, 0.15) is 31.2 Å². The molecular weight excluding hydrogens is 324 g/mol. The topological polar surface area (TPSA) is 57.7 Å². The Bertz CT molecular complexity index is 755. The van der Waals surface area contributed by atoms with Crippen molar-refractivity contribution in [2.45, 2.75) is 50.7 Å². The standard InChI is InChI=1S/C18H24N2O3S/c1-13-5-4-8-15(9-13)20-17-12-24(22,23)11-16(17)19(10-18(20)21)14-6-2-3-7-14/h4-5,8-9,14,16-17H,2-3,6-7,10-12H2,1H3. The van der Waals surface area contributed by atoms with Gasteiger partial charge in [0.05, 0.1) is 24.1 Å². The van der Waals surface area contributed by atoms with Crippen LogP contribution in [0, 0.1) is 6.92 Å². The van der Waals surface area contributed by atoms with Crippen molar-refractivity contribution in [3.63, 3.8) is 0 Å². The zero-order chi connectivity index (χ0) is 16.9. The zero-order valence-corrected chi connectivity index (χ0v) is 14.8. The first-order chi connectivity index (χ1) is 11.4. The van der Waals surface area contributed by atoms with Gasteiger partial charge in [0, 0.05) is 17.8 Å². The second-order valence-electron chi connectivity index (χ2n) is 7.42. The molecule has 5 nitrogen and oxygen atoms in total. The minimum Gasteiger partial charge on any atom is -0.306 e. The van der Waals surface area contributed by atoms with Gasteiger partial charge in [-0.3, -0.25) is 9.69 Å². The Morgan fingerprint density at radius 2 is 1.79 bits per heavy atom. The molecule has 2 aliphatic heterocycles. The van der Waals surface area contributed by atoms with E-state index in [1.54, 1.807) is 4.90 Å². The molecule has 0 spiro atoms. The predicted molar refractivity (Wildman–Crippen MR) is 93.9 cm³/mol. The molecule has 0 radical (unpaired) electrons. The van der Waals surface area contributed by atoms with Crippen LogP contribution in [0.4, 0.5) is 5.69 Å². The number of nitrogens with zero attached hydrogens (tertiary/aromatic N) is 2. The summed E-state index contributed by atoms with van der Waals surface area (Å²) in [6.45, 7) is 2.33. The maximum atomic E-state index is 12.9. The highest BCUT2D eigenvalue weighted by molar-refractivity contribution is 7.91. The van der Waals surface area contributed by atoms with Gasteiger partial charge in [-0.15, -0.1) is 0 Å². The predicted octanol–water partition coefficient (Wildman–Crippen LogP) is 1.75. The van der Waals surface area contributed by atoms with Gasteiger partial charge in [-0.2, -0.15) is 0 Å². The van der Waals surface area contributed by atoms with Crippen molar-refractivity contribution in [1.29, 1.82) is 0 Å². The highest BCUT2D eigenvalue weighted by atomic mass is 32.2. The summed E-state index contributed by atoms with van der Waals surface area (Å²) >= 11 is 0. The number of fused-ring (bicyclic) bond motifs is 1. The van der Waals surface area contributed by atoms with Crippen LogP contribution in [0.25, 0.3) is 0 Å². The van der Waals surface area contributed by atoms with E-state index in [0.29, 0.717) is 12.6 Å². The molecule has 1 aliphatic carbocycles. The van der Waals surface area contributed by atoms with Crippen molar-refractivity contribution in [2.24, 2.45) is 0 Å².